The molecule has 1 aliphatic heterocycles. The Morgan fingerprint density at radius 2 is 1.83 bits per heavy atom. The number of rotatable bonds is 5. The van der Waals surface area contributed by atoms with Crippen LogP contribution in [0, 0.1) is 0 Å². The molecule has 1 saturated heterocycles. The predicted molar refractivity (Wildman–Crippen MR) is 121 cm³/mol. The molecule has 0 spiro atoms. The summed E-state index contributed by atoms with van der Waals surface area (Å²) in [5.74, 6) is 1.24. The fourth-order valence-electron chi connectivity index (χ4n) is 3.39. The van der Waals surface area contributed by atoms with Crippen molar-refractivity contribution in [1.82, 2.24) is 15.3 Å². The number of halogens is 2. The maximum Gasteiger partial charge on any atom is 0.251 e. The molecule has 4 rings (SSSR count). The lowest BCUT2D eigenvalue weighted by Crippen LogP contribution is -2.45. The number of benzene rings is 2. The van der Waals surface area contributed by atoms with Gasteiger partial charge >= 0.3 is 0 Å². The van der Waals surface area contributed by atoms with Gasteiger partial charge in [-0.25, -0.2) is 4.98 Å². The molecule has 0 radical (unpaired) electrons. The zero-order chi connectivity index (χ0) is 20.9. The average Bonchev–Trinajstić information content (AvgIpc) is 2.76. The summed E-state index contributed by atoms with van der Waals surface area (Å²) in [4.78, 5) is 23.6. The molecule has 2 N–H and O–H groups in total. The van der Waals surface area contributed by atoms with Crippen LogP contribution in [0.1, 0.15) is 23.2 Å². The van der Waals surface area contributed by atoms with Gasteiger partial charge in [-0.05, 0) is 49.2 Å². The normalized spacial score (nSPS) is 14.4. The first-order valence-electron chi connectivity index (χ1n) is 9.74. The second kappa shape index (κ2) is 9.32. The number of nitrogens with zero attached hydrogens (tertiary/aromatic N) is 3. The van der Waals surface area contributed by atoms with Gasteiger partial charge in [0.05, 0.1) is 10.7 Å². The third kappa shape index (κ3) is 5.01. The van der Waals surface area contributed by atoms with Crippen molar-refractivity contribution in [1.29, 1.82) is 0 Å². The van der Waals surface area contributed by atoms with E-state index >= 15 is 0 Å². The number of hydrogen-bond donors (Lipinski definition) is 2. The first kappa shape index (κ1) is 20.4. The van der Waals surface area contributed by atoms with Crippen LogP contribution in [0.15, 0.2) is 60.8 Å². The van der Waals surface area contributed by atoms with Crippen molar-refractivity contribution in [3.05, 3.63) is 76.4 Å². The Morgan fingerprint density at radius 3 is 2.60 bits per heavy atom. The van der Waals surface area contributed by atoms with Crippen molar-refractivity contribution >= 4 is 46.6 Å². The van der Waals surface area contributed by atoms with Crippen LogP contribution in [0.3, 0.4) is 0 Å². The zero-order valence-corrected chi connectivity index (χ0v) is 17.7. The van der Waals surface area contributed by atoms with Gasteiger partial charge in [0.2, 0.25) is 5.95 Å². The number of anilines is 3. The van der Waals surface area contributed by atoms with E-state index < -0.39 is 0 Å². The second-order valence-electron chi connectivity index (χ2n) is 7.09. The highest BCUT2D eigenvalue weighted by molar-refractivity contribution is 6.33. The van der Waals surface area contributed by atoms with Gasteiger partial charge in [-0.3, -0.25) is 4.79 Å². The number of amides is 1. The second-order valence-corrected chi connectivity index (χ2v) is 7.94. The van der Waals surface area contributed by atoms with Crippen molar-refractivity contribution in [2.24, 2.45) is 0 Å². The lowest BCUT2D eigenvalue weighted by atomic mass is 10.0. The van der Waals surface area contributed by atoms with Crippen LogP contribution in [-0.4, -0.2) is 35.0 Å². The molecular weight excluding hydrogens is 421 g/mol. The maximum absolute atomic E-state index is 12.4. The van der Waals surface area contributed by atoms with E-state index in [9.17, 15) is 4.79 Å². The van der Waals surface area contributed by atoms with Gasteiger partial charge in [-0.2, -0.15) is 4.98 Å². The molecule has 1 amide bonds. The third-order valence-corrected chi connectivity index (χ3v) is 5.54. The van der Waals surface area contributed by atoms with E-state index in [0.29, 0.717) is 27.4 Å². The molecule has 0 aliphatic carbocycles. The van der Waals surface area contributed by atoms with Crippen molar-refractivity contribution in [2.45, 2.75) is 18.9 Å². The summed E-state index contributed by atoms with van der Waals surface area (Å²) in [7, 11) is 0. The Balaban J connectivity index is 1.35. The molecule has 0 saturated carbocycles. The van der Waals surface area contributed by atoms with E-state index in [1.165, 1.54) is 0 Å². The Labute approximate surface area is 185 Å². The number of piperidine rings is 1. The van der Waals surface area contributed by atoms with Crippen molar-refractivity contribution in [3.8, 4) is 0 Å². The highest BCUT2D eigenvalue weighted by Crippen LogP contribution is 2.25. The molecule has 1 aliphatic rings. The number of hydrogen-bond acceptors (Lipinski definition) is 5. The summed E-state index contributed by atoms with van der Waals surface area (Å²) in [6, 6.07) is 16.4. The third-order valence-electron chi connectivity index (χ3n) is 4.98. The van der Waals surface area contributed by atoms with E-state index in [4.69, 9.17) is 23.2 Å². The number of para-hydroxylation sites is 1. The lowest BCUT2D eigenvalue weighted by Gasteiger charge is -2.32. The molecule has 0 atom stereocenters. The highest BCUT2D eigenvalue weighted by atomic mass is 35.5. The van der Waals surface area contributed by atoms with Crippen LogP contribution in [0.2, 0.25) is 10.0 Å². The molecule has 8 heteroatoms. The fourth-order valence-corrected chi connectivity index (χ4v) is 3.77. The molecular formula is C22H21Cl2N5O. The summed E-state index contributed by atoms with van der Waals surface area (Å²) in [5.41, 5.74) is 1.37. The van der Waals surface area contributed by atoms with Crippen molar-refractivity contribution < 1.29 is 4.79 Å². The molecule has 6 nitrogen and oxygen atoms in total. The molecule has 1 aromatic heterocycles. The van der Waals surface area contributed by atoms with Gasteiger partial charge in [0.15, 0.2) is 0 Å². The molecule has 0 unspecified atom stereocenters. The van der Waals surface area contributed by atoms with E-state index in [0.717, 1.165) is 31.6 Å². The van der Waals surface area contributed by atoms with E-state index in [2.05, 4.69) is 25.5 Å². The van der Waals surface area contributed by atoms with Crippen LogP contribution in [0.25, 0.3) is 0 Å². The smallest absolute Gasteiger partial charge is 0.251 e. The predicted octanol–water partition coefficient (Wildman–Crippen LogP) is 4.93. The van der Waals surface area contributed by atoms with Gasteiger partial charge in [0, 0.05) is 35.9 Å². The Bertz CT molecular complexity index is 1040. The number of carbonyl (C=O) groups is 1. The quantitative estimate of drug-likeness (QED) is 0.587. The molecule has 2 heterocycles. The highest BCUT2D eigenvalue weighted by Gasteiger charge is 2.23. The van der Waals surface area contributed by atoms with E-state index in [-0.39, 0.29) is 11.9 Å². The number of carbonyl (C=O) groups excluding carboxylic acids is 1. The Hall–Kier alpha value is -2.83. The van der Waals surface area contributed by atoms with Gasteiger partial charge in [-0.1, -0.05) is 41.4 Å². The monoisotopic (exact) mass is 441 g/mol. The largest absolute Gasteiger partial charge is 0.349 e. The van der Waals surface area contributed by atoms with E-state index in [1.807, 2.05) is 30.3 Å². The summed E-state index contributed by atoms with van der Waals surface area (Å²) in [6.45, 7) is 1.52. The number of aromatic nitrogens is 2. The van der Waals surface area contributed by atoms with Crippen LogP contribution in [0.5, 0.6) is 0 Å². The van der Waals surface area contributed by atoms with Crippen LogP contribution < -0.4 is 15.5 Å². The van der Waals surface area contributed by atoms with Crippen molar-refractivity contribution in [3.63, 3.8) is 0 Å². The van der Waals surface area contributed by atoms with E-state index in [1.54, 1.807) is 30.5 Å². The Kier molecular flexibility index (Phi) is 6.35. The van der Waals surface area contributed by atoms with Crippen molar-refractivity contribution in [2.75, 3.05) is 23.3 Å². The first-order chi connectivity index (χ1) is 14.6. The molecule has 154 valence electrons. The topological polar surface area (TPSA) is 70.2 Å². The summed E-state index contributed by atoms with van der Waals surface area (Å²) < 4.78 is 0. The minimum Gasteiger partial charge on any atom is -0.349 e. The van der Waals surface area contributed by atoms with Crippen LogP contribution >= 0.6 is 23.2 Å². The summed E-state index contributed by atoms with van der Waals surface area (Å²) in [6.07, 6.45) is 3.37. The van der Waals surface area contributed by atoms with Crippen LogP contribution in [0.4, 0.5) is 17.5 Å². The standard InChI is InChI=1S/C22H21Cl2N5O/c23-16-5-3-4-15(14-16)21(30)26-17-9-12-29(13-10-17)22-25-11-8-20(28-22)27-19-7-2-1-6-18(19)24/h1-8,11,14,17H,9-10,12-13H2,(H,26,30)(H,25,27,28). The van der Waals surface area contributed by atoms with Crippen LogP contribution in [-0.2, 0) is 0 Å². The molecule has 0 bridgehead atoms. The Morgan fingerprint density at radius 1 is 1.03 bits per heavy atom. The molecule has 3 aromatic rings. The van der Waals surface area contributed by atoms with Gasteiger partial charge in [-0.15, -0.1) is 0 Å². The summed E-state index contributed by atoms with van der Waals surface area (Å²) in [5, 5.41) is 7.51. The van der Waals surface area contributed by atoms with Gasteiger partial charge < -0.3 is 15.5 Å². The maximum atomic E-state index is 12.4. The van der Waals surface area contributed by atoms with Gasteiger partial charge in [0.1, 0.15) is 5.82 Å². The molecule has 30 heavy (non-hydrogen) atoms. The average molecular weight is 442 g/mol. The minimum absolute atomic E-state index is 0.0989. The zero-order valence-electron chi connectivity index (χ0n) is 16.2. The van der Waals surface area contributed by atoms with Gasteiger partial charge in [0.25, 0.3) is 5.91 Å². The molecule has 2 aromatic carbocycles. The summed E-state index contributed by atoms with van der Waals surface area (Å²) >= 11 is 12.2. The number of nitrogens with one attached hydrogen (secondary N) is 2. The minimum atomic E-state index is -0.0989. The first-order valence-corrected chi connectivity index (χ1v) is 10.5. The lowest BCUT2D eigenvalue weighted by molar-refractivity contribution is 0.0931. The fraction of sp³-hybridized carbons (Fsp3) is 0.227. The SMILES string of the molecule is O=C(NC1CCN(c2nccc(Nc3ccccc3Cl)n2)CC1)c1cccc(Cl)c1. The molecule has 1 fully saturated rings.